The molecular formula is C20H21N3O4S. The molecule has 1 aliphatic heterocycles. The molecule has 2 aromatic carbocycles. The van der Waals surface area contributed by atoms with Crippen molar-refractivity contribution in [2.24, 2.45) is 4.99 Å². The molecule has 1 amide bonds. The Balaban J connectivity index is 1.96. The van der Waals surface area contributed by atoms with Crippen molar-refractivity contribution < 1.29 is 14.5 Å². The van der Waals surface area contributed by atoms with Crippen molar-refractivity contribution in [3.05, 3.63) is 63.2 Å². The molecule has 1 aliphatic rings. The Morgan fingerprint density at radius 2 is 2.04 bits per heavy atom. The van der Waals surface area contributed by atoms with Crippen molar-refractivity contribution in [2.45, 2.75) is 20.3 Å². The Labute approximate surface area is 167 Å². The van der Waals surface area contributed by atoms with E-state index < -0.39 is 4.92 Å². The van der Waals surface area contributed by atoms with Crippen LogP contribution in [-0.4, -0.2) is 40.3 Å². The minimum Gasteiger partial charge on any atom is -0.494 e. The summed E-state index contributed by atoms with van der Waals surface area (Å²) in [4.78, 5) is 30.0. The normalized spacial score (nSPS) is 15.5. The monoisotopic (exact) mass is 399 g/mol. The van der Waals surface area contributed by atoms with Gasteiger partial charge >= 0.3 is 0 Å². The molecule has 0 saturated carbocycles. The summed E-state index contributed by atoms with van der Waals surface area (Å²) in [5, 5.41) is 11.6. The number of aliphatic imine (C=N–C) groups is 1. The highest BCUT2D eigenvalue weighted by Crippen LogP contribution is 2.32. The number of amides is 1. The minimum atomic E-state index is -0.447. The second kappa shape index (κ2) is 8.43. The highest BCUT2D eigenvalue weighted by molar-refractivity contribution is 8.13. The number of nitro groups is 1. The zero-order valence-electron chi connectivity index (χ0n) is 16.0. The molecule has 146 valence electrons. The van der Waals surface area contributed by atoms with Crippen molar-refractivity contribution >= 4 is 34.2 Å². The van der Waals surface area contributed by atoms with E-state index >= 15 is 0 Å². The number of ether oxygens (including phenoxy) is 1. The Morgan fingerprint density at radius 3 is 2.71 bits per heavy atom. The van der Waals surface area contributed by atoms with Crippen LogP contribution in [0.5, 0.6) is 5.75 Å². The van der Waals surface area contributed by atoms with Crippen molar-refractivity contribution in [3.8, 4) is 5.75 Å². The van der Waals surface area contributed by atoms with Gasteiger partial charge < -0.3 is 4.74 Å². The van der Waals surface area contributed by atoms with E-state index in [-0.39, 0.29) is 11.6 Å². The van der Waals surface area contributed by atoms with E-state index in [2.05, 4.69) is 0 Å². The summed E-state index contributed by atoms with van der Waals surface area (Å²) in [6.07, 6.45) is 0.854. The van der Waals surface area contributed by atoms with Crippen LogP contribution >= 0.6 is 11.8 Å². The van der Waals surface area contributed by atoms with E-state index in [1.54, 1.807) is 25.0 Å². The van der Waals surface area contributed by atoms with E-state index in [0.29, 0.717) is 34.3 Å². The highest BCUT2D eigenvalue weighted by atomic mass is 32.2. The van der Waals surface area contributed by atoms with Crippen molar-refractivity contribution in [1.29, 1.82) is 0 Å². The van der Waals surface area contributed by atoms with Gasteiger partial charge in [-0.25, -0.2) is 4.99 Å². The quantitative estimate of drug-likeness (QED) is 0.559. The molecule has 1 saturated heterocycles. The fourth-order valence-corrected chi connectivity index (χ4v) is 3.93. The number of hydrogen-bond donors (Lipinski definition) is 0. The van der Waals surface area contributed by atoms with Gasteiger partial charge in [0, 0.05) is 29.5 Å². The van der Waals surface area contributed by atoms with Gasteiger partial charge in [0.2, 0.25) is 0 Å². The molecule has 28 heavy (non-hydrogen) atoms. The molecule has 0 N–H and O–H groups in total. The average molecular weight is 399 g/mol. The predicted molar refractivity (Wildman–Crippen MR) is 111 cm³/mol. The van der Waals surface area contributed by atoms with E-state index in [0.717, 1.165) is 17.7 Å². The lowest BCUT2D eigenvalue weighted by molar-refractivity contribution is -0.385. The maximum absolute atomic E-state index is 13.1. The van der Waals surface area contributed by atoms with E-state index in [9.17, 15) is 14.9 Å². The molecule has 0 radical (unpaired) electrons. The molecule has 3 rings (SSSR count). The lowest BCUT2D eigenvalue weighted by Crippen LogP contribution is -2.39. The van der Waals surface area contributed by atoms with Crippen molar-refractivity contribution in [2.75, 3.05) is 19.4 Å². The van der Waals surface area contributed by atoms with E-state index in [1.807, 2.05) is 25.1 Å². The SMILES string of the molecule is COc1ccc(C)cc1N=C1SCCCN1C(=O)c1ccc([N+](=O)[O-])c(C)c1. The third-order valence-corrected chi connectivity index (χ3v) is 5.49. The Morgan fingerprint density at radius 1 is 1.25 bits per heavy atom. The summed E-state index contributed by atoms with van der Waals surface area (Å²) in [6, 6.07) is 10.1. The third kappa shape index (κ3) is 4.17. The standard InChI is InChI=1S/C20H21N3O4S/c1-13-5-8-18(27-3)16(11-13)21-20-22(9-4-10-28-20)19(24)15-6-7-17(23(25)26)14(2)12-15/h5-8,11-12H,4,9-10H2,1-3H3. The van der Waals surface area contributed by atoms with Crippen LogP contribution in [0, 0.1) is 24.0 Å². The molecule has 1 fully saturated rings. The number of thioether (sulfide) groups is 1. The summed E-state index contributed by atoms with van der Waals surface area (Å²) in [6.45, 7) is 4.15. The fourth-order valence-electron chi connectivity index (χ4n) is 2.98. The number of amidine groups is 1. The first kappa shape index (κ1) is 19.9. The number of carbonyl (C=O) groups excluding carboxylic acids is 1. The summed E-state index contributed by atoms with van der Waals surface area (Å²) < 4.78 is 5.39. The number of benzene rings is 2. The molecule has 0 bridgehead atoms. The highest BCUT2D eigenvalue weighted by Gasteiger charge is 2.26. The van der Waals surface area contributed by atoms with E-state index in [1.165, 1.54) is 23.9 Å². The third-order valence-electron chi connectivity index (χ3n) is 4.42. The molecule has 1 heterocycles. The molecule has 8 heteroatoms. The number of aryl methyl sites for hydroxylation is 2. The molecule has 0 aliphatic carbocycles. The summed E-state index contributed by atoms with van der Waals surface area (Å²) in [5.74, 6) is 1.30. The van der Waals surface area contributed by atoms with Gasteiger partial charge in [0.1, 0.15) is 11.4 Å². The zero-order valence-corrected chi connectivity index (χ0v) is 16.8. The number of carbonyl (C=O) groups is 1. The van der Waals surface area contributed by atoms with Crippen molar-refractivity contribution in [1.82, 2.24) is 4.90 Å². The Bertz CT molecular complexity index is 958. The fraction of sp³-hybridized carbons (Fsp3) is 0.300. The lowest BCUT2D eigenvalue weighted by atomic mass is 10.1. The van der Waals surface area contributed by atoms with Crippen LogP contribution in [0.4, 0.5) is 11.4 Å². The van der Waals surface area contributed by atoms with Crippen LogP contribution in [0.25, 0.3) is 0 Å². The van der Waals surface area contributed by atoms with Gasteiger partial charge in [-0.2, -0.15) is 0 Å². The van der Waals surface area contributed by atoms with E-state index in [4.69, 9.17) is 9.73 Å². The zero-order chi connectivity index (χ0) is 20.3. The van der Waals surface area contributed by atoms with Crippen molar-refractivity contribution in [3.63, 3.8) is 0 Å². The van der Waals surface area contributed by atoms with Crippen LogP contribution < -0.4 is 4.74 Å². The van der Waals surface area contributed by atoms with Crippen LogP contribution in [-0.2, 0) is 0 Å². The van der Waals surface area contributed by atoms with Crippen LogP contribution in [0.3, 0.4) is 0 Å². The van der Waals surface area contributed by atoms with Gasteiger partial charge in [0.25, 0.3) is 11.6 Å². The Hall–Kier alpha value is -2.87. The topological polar surface area (TPSA) is 85.0 Å². The second-order valence-electron chi connectivity index (χ2n) is 6.49. The molecular weight excluding hydrogens is 378 g/mol. The summed E-state index contributed by atoms with van der Waals surface area (Å²) in [5.41, 5.74) is 2.59. The molecule has 0 atom stereocenters. The lowest BCUT2D eigenvalue weighted by Gasteiger charge is -2.28. The molecule has 0 unspecified atom stereocenters. The van der Waals surface area contributed by atoms with Gasteiger partial charge in [-0.1, -0.05) is 17.8 Å². The van der Waals surface area contributed by atoms with Gasteiger partial charge in [-0.3, -0.25) is 19.8 Å². The Kier molecular flexibility index (Phi) is 5.99. The minimum absolute atomic E-state index is 0.00274. The first-order valence-corrected chi connectivity index (χ1v) is 9.82. The van der Waals surface area contributed by atoms with Crippen LogP contribution in [0.1, 0.15) is 27.9 Å². The first-order valence-electron chi connectivity index (χ1n) is 8.83. The smallest absolute Gasteiger partial charge is 0.272 e. The largest absolute Gasteiger partial charge is 0.494 e. The number of nitrogens with zero attached hydrogens (tertiary/aromatic N) is 3. The number of nitro benzene ring substituents is 1. The van der Waals surface area contributed by atoms with Gasteiger partial charge in [-0.15, -0.1) is 0 Å². The predicted octanol–water partition coefficient (Wildman–Crippen LogP) is 4.49. The van der Waals surface area contributed by atoms with Gasteiger partial charge in [0.15, 0.2) is 5.17 Å². The summed E-state index contributed by atoms with van der Waals surface area (Å²) in [7, 11) is 1.59. The molecule has 7 nitrogen and oxygen atoms in total. The molecule has 0 aromatic heterocycles. The number of rotatable bonds is 4. The van der Waals surface area contributed by atoms with Crippen LogP contribution in [0.15, 0.2) is 41.4 Å². The van der Waals surface area contributed by atoms with Gasteiger partial charge in [-0.05, 0) is 50.1 Å². The van der Waals surface area contributed by atoms with Gasteiger partial charge in [0.05, 0.1) is 12.0 Å². The number of hydrogen-bond acceptors (Lipinski definition) is 6. The molecule has 2 aromatic rings. The maximum atomic E-state index is 13.1. The number of methoxy groups -OCH3 is 1. The van der Waals surface area contributed by atoms with Crippen LogP contribution in [0.2, 0.25) is 0 Å². The second-order valence-corrected chi connectivity index (χ2v) is 7.55. The summed E-state index contributed by atoms with van der Waals surface area (Å²) >= 11 is 1.52. The maximum Gasteiger partial charge on any atom is 0.272 e. The molecule has 0 spiro atoms. The average Bonchev–Trinajstić information content (AvgIpc) is 2.67. The first-order chi connectivity index (χ1) is 13.4.